The minimum absolute atomic E-state index is 0.00276. The number of hydrogen-bond acceptors (Lipinski definition) is 9. The van der Waals surface area contributed by atoms with Crippen LogP contribution in [0.2, 0.25) is 0 Å². The number of aromatic amines is 1. The summed E-state index contributed by atoms with van der Waals surface area (Å²) in [6.45, 7) is 0.344. The number of carbonyl (C=O) groups excluding carboxylic acids is 4. The highest BCUT2D eigenvalue weighted by Crippen LogP contribution is 2.12. The Morgan fingerprint density at radius 3 is 2.10 bits per heavy atom. The second kappa shape index (κ2) is 15.8. The molecule has 0 bridgehead atoms. The number of amides is 4. The number of phenols is 1. The quantitative estimate of drug-likeness (QED) is 0.0939. The molecule has 0 radical (unpaired) electrons. The predicted molar refractivity (Wildman–Crippen MR) is 142 cm³/mol. The number of nitrogens with two attached hydrogens (primary N) is 3. The molecular weight excluding hydrogens is 524 g/mol. The van der Waals surface area contributed by atoms with Gasteiger partial charge in [0, 0.05) is 24.7 Å². The summed E-state index contributed by atoms with van der Waals surface area (Å²) in [4.78, 5) is 68.7. The molecule has 12 N–H and O–H groups in total. The van der Waals surface area contributed by atoms with Gasteiger partial charge in [0.1, 0.15) is 23.9 Å². The molecule has 15 nitrogen and oxygen atoms in total. The van der Waals surface area contributed by atoms with Gasteiger partial charge in [-0.1, -0.05) is 12.1 Å². The minimum atomic E-state index is -1.31. The Labute approximate surface area is 230 Å². The number of nitrogens with one attached hydrogen (secondary N) is 4. The lowest BCUT2D eigenvalue weighted by Crippen LogP contribution is -2.58. The number of aliphatic carboxylic acids is 1. The predicted octanol–water partition coefficient (Wildman–Crippen LogP) is -2.23. The number of imidazole rings is 1. The summed E-state index contributed by atoms with van der Waals surface area (Å²) >= 11 is 0. The van der Waals surface area contributed by atoms with Gasteiger partial charge in [0.05, 0.1) is 18.8 Å². The van der Waals surface area contributed by atoms with Crippen LogP contribution in [0.25, 0.3) is 0 Å². The minimum Gasteiger partial charge on any atom is -0.508 e. The van der Waals surface area contributed by atoms with E-state index in [1.54, 1.807) is 12.1 Å². The average molecular weight is 561 g/mol. The number of H-pyrrole nitrogens is 1. The second-order valence-electron chi connectivity index (χ2n) is 9.23. The summed E-state index contributed by atoms with van der Waals surface area (Å²) in [6, 6.07) is 0.894. The van der Waals surface area contributed by atoms with Crippen molar-refractivity contribution >= 4 is 29.6 Å². The first kappa shape index (κ1) is 31.7. The lowest BCUT2D eigenvalue weighted by molar-refractivity contribution is -0.142. The van der Waals surface area contributed by atoms with Crippen LogP contribution in [0, 0.1) is 0 Å². The van der Waals surface area contributed by atoms with Gasteiger partial charge in [-0.05, 0) is 43.5 Å². The van der Waals surface area contributed by atoms with E-state index in [4.69, 9.17) is 17.2 Å². The zero-order chi connectivity index (χ0) is 29.7. The number of aromatic hydroxyl groups is 1. The lowest BCUT2D eigenvalue weighted by Gasteiger charge is -2.25. The topological polar surface area (TPSA) is 269 Å². The van der Waals surface area contributed by atoms with Gasteiger partial charge in [-0.2, -0.15) is 0 Å². The van der Waals surface area contributed by atoms with Crippen molar-refractivity contribution in [2.24, 2.45) is 17.2 Å². The third-order valence-corrected chi connectivity index (χ3v) is 5.94. The fraction of sp³-hybridized carbons (Fsp3) is 0.440. The van der Waals surface area contributed by atoms with E-state index in [-0.39, 0.29) is 25.0 Å². The molecule has 0 aliphatic rings. The van der Waals surface area contributed by atoms with Crippen LogP contribution in [0.15, 0.2) is 36.8 Å². The number of rotatable bonds is 17. The maximum Gasteiger partial charge on any atom is 0.326 e. The highest BCUT2D eigenvalue weighted by Gasteiger charge is 2.31. The Balaban J connectivity index is 2.23. The van der Waals surface area contributed by atoms with Crippen molar-refractivity contribution in [3.63, 3.8) is 0 Å². The van der Waals surface area contributed by atoms with Crippen molar-refractivity contribution in [2.75, 3.05) is 6.54 Å². The molecular formula is C25H36N8O7. The van der Waals surface area contributed by atoms with Crippen LogP contribution in [-0.2, 0) is 36.8 Å². The van der Waals surface area contributed by atoms with E-state index in [9.17, 15) is 34.2 Å². The molecule has 0 spiro atoms. The largest absolute Gasteiger partial charge is 0.508 e. The first-order chi connectivity index (χ1) is 19.0. The molecule has 218 valence electrons. The Morgan fingerprint density at radius 2 is 1.52 bits per heavy atom. The number of carboxylic acids is 1. The van der Waals surface area contributed by atoms with Crippen molar-refractivity contribution in [1.82, 2.24) is 25.9 Å². The van der Waals surface area contributed by atoms with Gasteiger partial charge < -0.3 is 48.3 Å². The van der Waals surface area contributed by atoms with Crippen molar-refractivity contribution in [2.45, 2.75) is 62.7 Å². The van der Waals surface area contributed by atoms with E-state index >= 15 is 0 Å². The van der Waals surface area contributed by atoms with Crippen LogP contribution >= 0.6 is 0 Å². The van der Waals surface area contributed by atoms with E-state index in [1.165, 1.54) is 24.7 Å². The first-order valence-corrected chi connectivity index (χ1v) is 12.6. The van der Waals surface area contributed by atoms with E-state index < -0.39 is 60.2 Å². The summed E-state index contributed by atoms with van der Waals surface area (Å²) in [5, 5.41) is 26.7. The summed E-state index contributed by atoms with van der Waals surface area (Å²) < 4.78 is 0. The lowest BCUT2D eigenvalue weighted by atomic mass is 10.0. The smallest absolute Gasteiger partial charge is 0.326 e. The van der Waals surface area contributed by atoms with Crippen molar-refractivity contribution in [3.05, 3.63) is 48.0 Å². The molecule has 15 heteroatoms. The molecule has 0 fully saturated rings. The Hall–Kier alpha value is -4.50. The van der Waals surface area contributed by atoms with Crippen LogP contribution in [0.5, 0.6) is 5.75 Å². The van der Waals surface area contributed by atoms with E-state index in [0.29, 0.717) is 30.6 Å². The van der Waals surface area contributed by atoms with E-state index in [0.717, 1.165) is 0 Å². The number of benzene rings is 1. The zero-order valence-corrected chi connectivity index (χ0v) is 21.8. The summed E-state index contributed by atoms with van der Waals surface area (Å²) in [5.41, 5.74) is 17.5. The maximum absolute atomic E-state index is 13.4. The van der Waals surface area contributed by atoms with Crippen molar-refractivity contribution in [1.29, 1.82) is 0 Å². The molecule has 0 aliphatic carbocycles. The highest BCUT2D eigenvalue weighted by molar-refractivity contribution is 5.95. The average Bonchev–Trinajstić information content (AvgIpc) is 3.41. The molecule has 4 unspecified atom stereocenters. The van der Waals surface area contributed by atoms with Gasteiger partial charge >= 0.3 is 5.97 Å². The molecule has 4 atom stereocenters. The van der Waals surface area contributed by atoms with Crippen molar-refractivity contribution < 1.29 is 34.2 Å². The Morgan fingerprint density at radius 1 is 0.900 bits per heavy atom. The third kappa shape index (κ3) is 10.7. The molecule has 0 saturated carbocycles. The molecule has 4 amide bonds. The second-order valence-corrected chi connectivity index (χ2v) is 9.23. The standard InChI is InChI=1S/C25H36N8O7/c26-8-2-1-3-18(23(37)33-20(25(39)40)10-15-12-29-13-30-15)31-24(38)19(9-14-4-6-16(34)7-5-14)32-22(36)17(27)11-21(28)35/h4-7,12-13,17-20,34H,1-3,8-11,26-27H2,(H2,28,35)(H,29,30)(H,31,38)(H,32,36)(H,33,37)(H,39,40). The molecule has 0 aliphatic heterocycles. The molecule has 1 aromatic carbocycles. The number of hydrogen-bond donors (Lipinski definition) is 9. The number of carboxylic acid groups (broad SMARTS) is 1. The van der Waals surface area contributed by atoms with E-state index in [1.807, 2.05) is 0 Å². The number of phenolic OH excluding ortho intramolecular Hbond substituents is 1. The van der Waals surface area contributed by atoms with Gasteiger partial charge in [0.25, 0.3) is 0 Å². The van der Waals surface area contributed by atoms with Gasteiger partial charge in [-0.15, -0.1) is 0 Å². The number of primary amides is 1. The fourth-order valence-electron chi connectivity index (χ4n) is 3.79. The SMILES string of the molecule is NCCCCC(NC(=O)C(Cc1ccc(O)cc1)NC(=O)C(N)CC(N)=O)C(=O)NC(Cc1cnc[nH]1)C(=O)O. The Kier molecular flexibility index (Phi) is 12.5. The van der Waals surface area contributed by atoms with Crippen LogP contribution in [0.3, 0.4) is 0 Å². The van der Waals surface area contributed by atoms with Gasteiger partial charge in [0.2, 0.25) is 23.6 Å². The molecule has 0 saturated heterocycles. The molecule has 2 aromatic rings. The van der Waals surface area contributed by atoms with E-state index in [2.05, 4.69) is 25.9 Å². The van der Waals surface area contributed by atoms with Gasteiger partial charge in [-0.25, -0.2) is 9.78 Å². The van der Waals surface area contributed by atoms with Crippen LogP contribution in [0.1, 0.15) is 36.9 Å². The van der Waals surface area contributed by atoms with Crippen LogP contribution < -0.4 is 33.2 Å². The van der Waals surface area contributed by atoms with Gasteiger partial charge in [-0.3, -0.25) is 19.2 Å². The number of carbonyl (C=O) groups is 5. The molecule has 1 heterocycles. The monoisotopic (exact) mass is 560 g/mol. The summed E-state index contributed by atoms with van der Waals surface area (Å²) in [6.07, 6.45) is 3.39. The number of aromatic nitrogens is 2. The van der Waals surface area contributed by atoms with Crippen LogP contribution in [0.4, 0.5) is 0 Å². The van der Waals surface area contributed by atoms with Crippen LogP contribution in [-0.4, -0.2) is 80.5 Å². The maximum atomic E-state index is 13.4. The van der Waals surface area contributed by atoms with Crippen molar-refractivity contribution in [3.8, 4) is 5.75 Å². The van der Waals surface area contributed by atoms with Gasteiger partial charge in [0.15, 0.2) is 0 Å². The molecule has 2 rings (SSSR count). The fourth-order valence-corrected chi connectivity index (χ4v) is 3.79. The summed E-state index contributed by atoms with van der Waals surface area (Å²) in [7, 11) is 0. The number of nitrogens with zero attached hydrogens (tertiary/aromatic N) is 1. The summed E-state index contributed by atoms with van der Waals surface area (Å²) in [5.74, 6) is -4.39. The first-order valence-electron chi connectivity index (χ1n) is 12.6. The highest BCUT2D eigenvalue weighted by atomic mass is 16.4. The third-order valence-electron chi connectivity index (χ3n) is 5.94. The zero-order valence-electron chi connectivity index (χ0n) is 21.8. The normalized spacial score (nSPS) is 13.8. The molecule has 40 heavy (non-hydrogen) atoms. The molecule has 1 aromatic heterocycles. The Bertz CT molecular complexity index is 1140. The number of unbranched alkanes of at least 4 members (excludes halogenated alkanes) is 1.